The van der Waals surface area contributed by atoms with E-state index in [4.69, 9.17) is 28.9 Å². The third kappa shape index (κ3) is 9.90. The SMILES string of the molecule is Cc1ccc(S(=O)(=O)n2ccc3c(-c4ccc5nc(N6CCC(N7C[C@@H](C)N(C(=O)OC(C)(C)C)C[C@@H]7C)CC6)nc(C(COC6CCCCO6)(OC6CC6)c6cccc(F)c6)c5c4)cn(C)c(=O)c32)cc1. The minimum atomic E-state index is -4.15. The lowest BCUT2D eigenvalue weighted by Crippen LogP contribution is -2.62. The van der Waals surface area contributed by atoms with Gasteiger partial charge in [0, 0.05) is 86.7 Å². The van der Waals surface area contributed by atoms with E-state index < -0.39 is 38.9 Å². The van der Waals surface area contributed by atoms with Crippen LogP contribution in [-0.4, -0.2) is 118 Å². The summed E-state index contributed by atoms with van der Waals surface area (Å²) in [7, 11) is -2.54. The van der Waals surface area contributed by atoms with Gasteiger partial charge in [-0.25, -0.2) is 31.5 Å². The maximum absolute atomic E-state index is 15.7. The van der Waals surface area contributed by atoms with Gasteiger partial charge in [0.25, 0.3) is 15.6 Å². The number of halogens is 1. The molecule has 1 amide bonds. The van der Waals surface area contributed by atoms with Crippen molar-refractivity contribution in [1.82, 2.24) is 28.3 Å². The third-order valence-corrected chi connectivity index (χ3v) is 16.3. The van der Waals surface area contributed by atoms with Crippen LogP contribution in [0.2, 0.25) is 0 Å². The zero-order valence-electron chi connectivity index (χ0n) is 42.3. The van der Waals surface area contributed by atoms with Crippen molar-refractivity contribution in [2.24, 2.45) is 7.05 Å². The van der Waals surface area contributed by atoms with Crippen molar-refractivity contribution < 1.29 is 36.6 Å². The Balaban J connectivity index is 1.07. The van der Waals surface area contributed by atoms with E-state index in [-0.39, 0.29) is 47.3 Å². The number of aromatic nitrogens is 4. The number of hydrogen-bond donors (Lipinski definition) is 0. The first-order valence-electron chi connectivity index (χ1n) is 25.4. The van der Waals surface area contributed by atoms with Crippen LogP contribution < -0.4 is 10.5 Å². The van der Waals surface area contributed by atoms with E-state index in [1.807, 2.05) is 56.9 Å². The Bertz CT molecular complexity index is 3160. The van der Waals surface area contributed by atoms with Crippen molar-refractivity contribution in [3.8, 4) is 11.1 Å². The molecule has 2 unspecified atom stereocenters. The monoisotopic (exact) mass is 1000 g/mol. The molecule has 3 aliphatic heterocycles. The van der Waals surface area contributed by atoms with Crippen LogP contribution in [0.4, 0.5) is 15.1 Å². The second kappa shape index (κ2) is 19.6. The number of carbonyl (C=O) groups excluding carboxylic acids is 1. The van der Waals surface area contributed by atoms with Crippen molar-refractivity contribution in [3.05, 3.63) is 118 Å². The standard InChI is InChI=1S/C55H66FN7O8S/c1-35-14-19-43(20-15-35)72(66,67)63-27-24-44-46(33-59(7)51(64)49(44)63)38-16-21-47-45(29-38)50(55(70-42-17-18-42,39-11-10-12-40(56)30-39)34-69-48-13-8-9-28-68-48)58-52(57-47)60-25-22-41(23-26-60)61-31-37(3)62(32-36(61)2)53(65)71-54(4,5)6/h10-12,14-16,19-21,24,27,29-30,33,36-37,41-42,48H,8-9,13,17-18,22-23,25-26,28,31-32,34H2,1-7H3/t36-,37+,48?,55?/m0/s1. The Kier molecular flexibility index (Phi) is 13.6. The molecule has 0 spiro atoms. The van der Waals surface area contributed by atoms with Gasteiger partial charge >= 0.3 is 6.09 Å². The fourth-order valence-electron chi connectivity index (χ4n) is 10.7. The zero-order valence-corrected chi connectivity index (χ0v) is 43.2. The molecule has 0 radical (unpaired) electrons. The number of benzene rings is 3. The number of aryl methyl sites for hydroxylation is 2. The molecule has 4 atom stereocenters. The van der Waals surface area contributed by atoms with Gasteiger partial charge in [0.2, 0.25) is 5.95 Å². The number of nitrogens with zero attached hydrogens (tertiary/aromatic N) is 7. The van der Waals surface area contributed by atoms with Gasteiger partial charge in [0.15, 0.2) is 11.9 Å². The van der Waals surface area contributed by atoms with Crippen LogP contribution in [0.3, 0.4) is 0 Å². The molecule has 382 valence electrons. The molecular formula is C55H66FN7O8S. The van der Waals surface area contributed by atoms with Gasteiger partial charge in [0.05, 0.1) is 28.8 Å². The highest BCUT2D eigenvalue weighted by molar-refractivity contribution is 7.90. The number of amides is 1. The fraction of sp³-hybridized carbons (Fsp3) is 0.491. The predicted octanol–water partition coefficient (Wildman–Crippen LogP) is 8.90. The average Bonchev–Trinajstić information content (AvgIpc) is 4.06. The first-order valence-corrected chi connectivity index (χ1v) is 26.9. The van der Waals surface area contributed by atoms with E-state index in [2.05, 4.69) is 23.6 Å². The Morgan fingerprint density at radius 2 is 1.65 bits per heavy atom. The van der Waals surface area contributed by atoms with E-state index >= 15 is 4.39 Å². The quantitative estimate of drug-likeness (QED) is 0.115. The summed E-state index contributed by atoms with van der Waals surface area (Å²) >= 11 is 0. The predicted molar refractivity (Wildman–Crippen MR) is 274 cm³/mol. The van der Waals surface area contributed by atoms with Crippen LogP contribution in [0, 0.1) is 12.7 Å². The second-order valence-electron chi connectivity index (χ2n) is 21.3. The van der Waals surface area contributed by atoms with Gasteiger partial charge in [-0.2, -0.15) is 0 Å². The molecule has 15 nitrogen and oxygen atoms in total. The molecule has 4 aliphatic rings. The zero-order chi connectivity index (χ0) is 50.7. The molecule has 17 heteroatoms. The first-order chi connectivity index (χ1) is 34.4. The lowest BCUT2D eigenvalue weighted by molar-refractivity contribution is -0.197. The van der Waals surface area contributed by atoms with E-state index in [0.29, 0.717) is 77.3 Å². The Hall–Kier alpha value is -5.72. The minimum absolute atomic E-state index is 0.0162. The molecule has 6 heterocycles. The summed E-state index contributed by atoms with van der Waals surface area (Å²) in [5, 5.41) is 1.08. The smallest absolute Gasteiger partial charge is 0.410 e. The lowest BCUT2D eigenvalue weighted by atomic mass is 9.87. The summed E-state index contributed by atoms with van der Waals surface area (Å²) in [5.41, 5.74) is 1.41. The van der Waals surface area contributed by atoms with Crippen LogP contribution >= 0.6 is 0 Å². The Morgan fingerprint density at radius 3 is 2.35 bits per heavy atom. The van der Waals surface area contributed by atoms with E-state index in [9.17, 15) is 18.0 Å². The second-order valence-corrected chi connectivity index (χ2v) is 23.1. The molecule has 72 heavy (non-hydrogen) atoms. The maximum atomic E-state index is 15.7. The van der Waals surface area contributed by atoms with Crippen molar-refractivity contribution >= 4 is 43.9 Å². The number of piperidine rings is 1. The maximum Gasteiger partial charge on any atom is 0.410 e. The number of ether oxygens (including phenoxy) is 4. The van der Waals surface area contributed by atoms with Crippen molar-refractivity contribution in [3.63, 3.8) is 0 Å². The molecule has 3 saturated heterocycles. The van der Waals surface area contributed by atoms with E-state index in [1.54, 1.807) is 49.6 Å². The molecule has 1 aliphatic carbocycles. The summed E-state index contributed by atoms with van der Waals surface area (Å²) in [4.78, 5) is 44.6. The molecule has 0 bridgehead atoms. The third-order valence-electron chi connectivity index (χ3n) is 14.6. The number of fused-ring (bicyclic) bond motifs is 2. The molecule has 6 aromatic rings. The average molecular weight is 1000 g/mol. The van der Waals surface area contributed by atoms with Crippen LogP contribution in [0.15, 0.2) is 94.9 Å². The summed E-state index contributed by atoms with van der Waals surface area (Å²) in [6, 6.07) is 20.9. The number of hydrogen-bond acceptors (Lipinski definition) is 12. The molecule has 0 N–H and O–H groups in total. The van der Waals surface area contributed by atoms with Crippen LogP contribution in [0.5, 0.6) is 0 Å². The highest BCUT2D eigenvalue weighted by Crippen LogP contribution is 2.45. The van der Waals surface area contributed by atoms with Crippen LogP contribution in [0.25, 0.3) is 32.9 Å². The van der Waals surface area contributed by atoms with Gasteiger partial charge in [-0.15, -0.1) is 0 Å². The van der Waals surface area contributed by atoms with Gasteiger partial charge in [-0.1, -0.05) is 35.9 Å². The summed E-state index contributed by atoms with van der Waals surface area (Å²) in [5.74, 6) is 0.0801. The minimum Gasteiger partial charge on any atom is -0.444 e. The van der Waals surface area contributed by atoms with Gasteiger partial charge in [0.1, 0.15) is 16.9 Å². The van der Waals surface area contributed by atoms with Gasteiger partial charge < -0.3 is 33.3 Å². The highest BCUT2D eigenvalue weighted by Gasteiger charge is 2.46. The van der Waals surface area contributed by atoms with Gasteiger partial charge in [-0.3, -0.25) is 9.69 Å². The molecular weight excluding hydrogens is 938 g/mol. The van der Waals surface area contributed by atoms with Crippen LogP contribution in [0.1, 0.15) is 96.4 Å². The molecule has 3 aromatic heterocycles. The van der Waals surface area contributed by atoms with E-state index in [0.717, 1.165) is 54.6 Å². The van der Waals surface area contributed by atoms with Crippen molar-refractivity contribution in [1.29, 1.82) is 0 Å². The van der Waals surface area contributed by atoms with Crippen molar-refractivity contribution in [2.45, 2.75) is 133 Å². The fourth-order valence-corrected chi connectivity index (χ4v) is 12.0. The first kappa shape index (κ1) is 49.8. The number of piperazine rings is 1. The largest absolute Gasteiger partial charge is 0.444 e. The topological polar surface area (TPSA) is 151 Å². The van der Waals surface area contributed by atoms with Gasteiger partial charge in [-0.05, 0) is 140 Å². The number of pyridine rings is 1. The lowest BCUT2D eigenvalue weighted by Gasteiger charge is -2.49. The Morgan fingerprint density at radius 1 is 0.889 bits per heavy atom. The Labute approximate surface area is 420 Å². The van der Waals surface area contributed by atoms with Crippen LogP contribution in [-0.2, 0) is 41.6 Å². The summed E-state index contributed by atoms with van der Waals surface area (Å²) in [6.07, 6.45) is 8.13. The molecule has 1 saturated carbocycles. The molecule has 10 rings (SSSR count). The number of rotatable bonds is 12. The van der Waals surface area contributed by atoms with E-state index in [1.165, 1.54) is 22.9 Å². The van der Waals surface area contributed by atoms with Crippen molar-refractivity contribution in [2.75, 3.05) is 44.3 Å². The number of anilines is 1. The molecule has 4 fully saturated rings. The molecule has 3 aromatic carbocycles. The number of carbonyl (C=O) groups is 1. The normalized spacial score (nSPS) is 21.6. The highest BCUT2D eigenvalue weighted by atomic mass is 32.2. The summed E-state index contributed by atoms with van der Waals surface area (Å²) in [6.45, 7) is 15.0. The summed E-state index contributed by atoms with van der Waals surface area (Å²) < 4.78 is 72.3.